The van der Waals surface area contributed by atoms with Gasteiger partial charge in [-0.3, -0.25) is 24.8 Å². The van der Waals surface area contributed by atoms with Crippen molar-refractivity contribution in [3.8, 4) is 5.69 Å². The number of imidazole rings is 1. The van der Waals surface area contributed by atoms with E-state index in [-0.39, 0.29) is 11.4 Å². The fourth-order valence-electron chi connectivity index (χ4n) is 2.68. The predicted molar refractivity (Wildman–Crippen MR) is 147 cm³/mol. The van der Waals surface area contributed by atoms with Crippen LogP contribution in [-0.2, 0) is 0 Å². The van der Waals surface area contributed by atoms with Gasteiger partial charge < -0.3 is 0 Å². The lowest BCUT2D eigenvalue weighted by Gasteiger charge is -2.07. The molecule has 8 nitrogen and oxygen atoms in total. The molecule has 4 rings (SSSR count). The highest BCUT2D eigenvalue weighted by Gasteiger charge is 2.12. The molecule has 4 aromatic rings. The zero-order valence-electron chi connectivity index (χ0n) is 21.6. The van der Waals surface area contributed by atoms with Gasteiger partial charge in [0.15, 0.2) is 5.16 Å². The number of hydrogen-bond donors (Lipinski definition) is 0. The van der Waals surface area contributed by atoms with E-state index in [0.717, 1.165) is 46.1 Å². The van der Waals surface area contributed by atoms with E-state index in [4.69, 9.17) is 0 Å². The van der Waals surface area contributed by atoms with Crippen LogP contribution in [0.4, 0.5) is 15.8 Å². The van der Waals surface area contributed by atoms with Gasteiger partial charge in [0, 0.05) is 30.0 Å². The van der Waals surface area contributed by atoms with Crippen molar-refractivity contribution < 1.29 is 14.2 Å². The fourth-order valence-corrected chi connectivity index (χ4v) is 3.25. The number of benzene rings is 3. The fraction of sp³-hybridized carbons (Fsp3) is 0.269. The third-order valence-corrected chi connectivity index (χ3v) is 4.71. The lowest BCUT2D eigenvalue weighted by Crippen LogP contribution is -1.96. The van der Waals surface area contributed by atoms with Crippen molar-refractivity contribution in [3.63, 3.8) is 0 Å². The van der Waals surface area contributed by atoms with Crippen molar-refractivity contribution in [1.82, 2.24) is 9.55 Å². The number of rotatable bonds is 4. The third kappa shape index (κ3) is 9.10. The Morgan fingerprint density at radius 1 is 0.750 bits per heavy atom. The first-order chi connectivity index (χ1) is 17.4. The van der Waals surface area contributed by atoms with Crippen molar-refractivity contribution in [3.05, 3.63) is 98.8 Å². The summed E-state index contributed by atoms with van der Waals surface area (Å²) < 4.78 is 14.1. The molecule has 0 aliphatic rings. The minimum absolute atomic E-state index is 0.0869. The molecule has 0 saturated carbocycles. The molecular formula is C26H33FN4O4S. The van der Waals surface area contributed by atoms with Crippen LogP contribution in [0.15, 0.2) is 78.0 Å². The summed E-state index contributed by atoms with van der Waals surface area (Å²) in [7, 11) is 0. The SMILES string of the molecule is CC.CC.CC.CSc1nc2ccccc2n1-c1ccc([N+](=O)[O-])cc1.O=[N+]([O-])c1ccc(F)cc1. The van der Waals surface area contributed by atoms with Gasteiger partial charge in [-0.1, -0.05) is 65.4 Å². The molecule has 1 aromatic heterocycles. The Labute approximate surface area is 215 Å². The Morgan fingerprint density at radius 3 is 1.64 bits per heavy atom. The minimum Gasteiger partial charge on any atom is -0.287 e. The summed E-state index contributed by atoms with van der Waals surface area (Å²) in [5.41, 5.74) is 2.76. The molecule has 0 saturated heterocycles. The van der Waals surface area contributed by atoms with E-state index in [0.29, 0.717) is 0 Å². The zero-order valence-corrected chi connectivity index (χ0v) is 22.5. The van der Waals surface area contributed by atoms with E-state index in [9.17, 15) is 24.6 Å². The van der Waals surface area contributed by atoms with E-state index < -0.39 is 15.7 Å². The van der Waals surface area contributed by atoms with Crippen LogP contribution in [0, 0.1) is 26.0 Å². The van der Waals surface area contributed by atoms with Crippen LogP contribution in [0.2, 0.25) is 0 Å². The van der Waals surface area contributed by atoms with Crippen molar-refractivity contribution >= 4 is 34.2 Å². The second-order valence-electron chi connectivity index (χ2n) is 5.93. The first kappa shape index (κ1) is 32.2. The van der Waals surface area contributed by atoms with Gasteiger partial charge in [0.2, 0.25) is 0 Å². The minimum atomic E-state index is -0.570. The number of aromatic nitrogens is 2. The first-order valence-corrected chi connectivity index (χ1v) is 12.8. The topological polar surface area (TPSA) is 104 Å². The lowest BCUT2D eigenvalue weighted by atomic mass is 10.2. The molecule has 1 heterocycles. The number of non-ortho nitro benzene ring substituents is 2. The first-order valence-electron chi connectivity index (χ1n) is 11.6. The molecule has 0 amide bonds. The van der Waals surface area contributed by atoms with Crippen LogP contribution in [0.3, 0.4) is 0 Å². The van der Waals surface area contributed by atoms with Crippen molar-refractivity contribution in [2.45, 2.75) is 46.7 Å². The number of thioether (sulfide) groups is 1. The normalized spacial score (nSPS) is 9.11. The average Bonchev–Trinajstić information content (AvgIpc) is 3.31. The van der Waals surface area contributed by atoms with Crippen LogP contribution < -0.4 is 0 Å². The van der Waals surface area contributed by atoms with E-state index in [1.807, 2.05) is 76.6 Å². The molecular weight excluding hydrogens is 483 g/mol. The molecule has 10 heteroatoms. The van der Waals surface area contributed by atoms with Gasteiger partial charge >= 0.3 is 0 Å². The number of hydrogen-bond acceptors (Lipinski definition) is 6. The van der Waals surface area contributed by atoms with Crippen molar-refractivity contribution in [2.75, 3.05) is 6.26 Å². The van der Waals surface area contributed by atoms with Gasteiger partial charge in [-0.25, -0.2) is 9.37 Å². The maximum atomic E-state index is 12.1. The van der Waals surface area contributed by atoms with Crippen LogP contribution in [0.1, 0.15) is 41.5 Å². The monoisotopic (exact) mass is 516 g/mol. The Kier molecular flexibility index (Phi) is 15.8. The molecule has 0 radical (unpaired) electrons. The number of nitrogens with zero attached hydrogens (tertiary/aromatic N) is 4. The summed E-state index contributed by atoms with van der Waals surface area (Å²) in [6.45, 7) is 12.0. The van der Waals surface area contributed by atoms with E-state index in [2.05, 4.69) is 4.98 Å². The molecule has 0 unspecified atom stereocenters. The smallest absolute Gasteiger partial charge is 0.269 e. The summed E-state index contributed by atoms with van der Waals surface area (Å²) in [5, 5.41) is 21.6. The summed E-state index contributed by atoms with van der Waals surface area (Å²) in [6.07, 6.45) is 1.96. The van der Waals surface area contributed by atoms with Gasteiger partial charge in [-0.2, -0.15) is 0 Å². The van der Waals surface area contributed by atoms with Crippen LogP contribution in [0.25, 0.3) is 16.7 Å². The van der Waals surface area contributed by atoms with Crippen LogP contribution >= 0.6 is 11.8 Å². The Bertz CT molecular complexity index is 1200. The lowest BCUT2D eigenvalue weighted by molar-refractivity contribution is -0.385. The van der Waals surface area contributed by atoms with Gasteiger partial charge in [-0.05, 0) is 42.7 Å². The van der Waals surface area contributed by atoms with Crippen molar-refractivity contribution in [2.24, 2.45) is 0 Å². The number of nitro groups is 2. The van der Waals surface area contributed by atoms with Gasteiger partial charge in [0.1, 0.15) is 5.82 Å². The van der Waals surface area contributed by atoms with E-state index in [1.165, 1.54) is 12.1 Å². The maximum Gasteiger partial charge on any atom is 0.269 e. The zero-order chi connectivity index (χ0) is 27.7. The summed E-state index contributed by atoms with van der Waals surface area (Å²) in [4.78, 5) is 24.3. The number of halogens is 1. The summed E-state index contributed by atoms with van der Waals surface area (Å²) in [6, 6.07) is 18.7. The van der Waals surface area contributed by atoms with Crippen molar-refractivity contribution in [1.29, 1.82) is 0 Å². The molecule has 0 spiro atoms. The Balaban J connectivity index is 0.000000647. The molecule has 0 aliphatic carbocycles. The van der Waals surface area contributed by atoms with E-state index in [1.54, 1.807) is 23.9 Å². The van der Waals surface area contributed by atoms with Crippen LogP contribution in [-0.4, -0.2) is 25.7 Å². The van der Waals surface area contributed by atoms with Crippen LogP contribution in [0.5, 0.6) is 0 Å². The highest BCUT2D eigenvalue weighted by atomic mass is 32.2. The number of nitro benzene ring substituents is 2. The summed E-state index contributed by atoms with van der Waals surface area (Å²) in [5.74, 6) is -0.467. The molecule has 194 valence electrons. The predicted octanol–water partition coefficient (Wildman–Crippen LogP) is 8.47. The maximum absolute atomic E-state index is 12.1. The molecule has 0 N–H and O–H groups in total. The summed E-state index contributed by atoms with van der Waals surface area (Å²) >= 11 is 1.54. The van der Waals surface area contributed by atoms with Gasteiger partial charge in [0.05, 0.1) is 20.9 Å². The second-order valence-corrected chi connectivity index (χ2v) is 6.70. The third-order valence-electron chi connectivity index (χ3n) is 4.07. The highest BCUT2D eigenvalue weighted by molar-refractivity contribution is 7.98. The second kappa shape index (κ2) is 17.6. The molecule has 0 atom stereocenters. The quantitative estimate of drug-likeness (QED) is 0.153. The molecule has 0 bridgehead atoms. The molecule has 0 fully saturated rings. The molecule has 0 aliphatic heterocycles. The van der Waals surface area contributed by atoms with E-state index >= 15 is 0 Å². The Morgan fingerprint density at radius 2 is 1.19 bits per heavy atom. The van der Waals surface area contributed by atoms with Gasteiger partial charge in [0.25, 0.3) is 11.4 Å². The number of fused-ring (bicyclic) bond motifs is 1. The Hall–Kier alpha value is -3.79. The standard InChI is InChI=1S/C14H11N3O2S.C6H4FNO2.3C2H6/c1-20-14-15-12-4-2-3-5-13(12)16(14)10-6-8-11(9-7-10)17(18)19;7-5-1-3-6(4-2-5)8(9)10;3*1-2/h2-9H,1H3;1-4H;3*1-2H3. The molecule has 3 aromatic carbocycles. The highest BCUT2D eigenvalue weighted by Crippen LogP contribution is 2.27. The largest absolute Gasteiger partial charge is 0.287 e. The molecule has 36 heavy (non-hydrogen) atoms. The number of para-hydroxylation sites is 2. The van der Waals surface area contributed by atoms with Gasteiger partial charge in [-0.15, -0.1) is 0 Å². The average molecular weight is 517 g/mol.